The topological polar surface area (TPSA) is 40.6 Å². The maximum absolute atomic E-state index is 14.1. The van der Waals surface area contributed by atoms with Crippen LogP contribution in [-0.4, -0.2) is 36.4 Å². The monoisotopic (exact) mass is 618 g/mol. The predicted octanol–water partition coefficient (Wildman–Crippen LogP) is 9.22. The van der Waals surface area contributed by atoms with Crippen molar-refractivity contribution in [2.45, 2.75) is 48.3 Å². The molecule has 2 aliphatic rings. The average Bonchev–Trinajstić information content (AvgIpc) is 3.50. The standard InChI is InChI=1S/C38H38N2O2S2/c41-37-35(31-21-9-11-23-33(31)39(37)25-13-3-15-27-43-29-17-5-1-6-18-29)36-32-22-10-12-24-34(32)40(38(36)42)26-14-4-16-28-44-30-19-7-2-8-20-30/h1-2,5-12,17-24H,3-4,13-16,25-28H2/b36-35+. The number of benzene rings is 4. The highest BCUT2D eigenvalue weighted by Crippen LogP contribution is 2.46. The molecule has 6 heteroatoms. The van der Waals surface area contributed by atoms with Crippen LogP contribution >= 0.6 is 23.5 Å². The fraction of sp³-hybridized carbons (Fsp3) is 0.263. The minimum absolute atomic E-state index is 0.0530. The molecule has 0 saturated carbocycles. The number of rotatable bonds is 14. The van der Waals surface area contributed by atoms with E-state index in [2.05, 4.69) is 48.5 Å². The maximum Gasteiger partial charge on any atom is 0.259 e. The zero-order valence-corrected chi connectivity index (χ0v) is 26.6. The summed E-state index contributed by atoms with van der Waals surface area (Å²) in [5.41, 5.74) is 4.68. The van der Waals surface area contributed by atoms with Crippen molar-refractivity contribution in [1.82, 2.24) is 0 Å². The Morgan fingerprint density at radius 1 is 0.432 bits per heavy atom. The first-order chi connectivity index (χ1) is 21.7. The SMILES string of the molecule is O=C1/C(=C2/C(=O)N(CCCCCSc3ccccc3)c3ccccc32)c2ccccc2N1CCCCCSc1ccccc1. The summed E-state index contributed by atoms with van der Waals surface area (Å²) in [4.78, 5) is 34.5. The van der Waals surface area contributed by atoms with E-state index < -0.39 is 0 Å². The molecule has 0 bridgehead atoms. The molecule has 0 aliphatic carbocycles. The largest absolute Gasteiger partial charge is 0.308 e. The number of nitrogens with zero attached hydrogens (tertiary/aromatic N) is 2. The van der Waals surface area contributed by atoms with E-state index in [0.717, 1.165) is 72.5 Å². The van der Waals surface area contributed by atoms with Crippen molar-refractivity contribution < 1.29 is 9.59 Å². The van der Waals surface area contributed by atoms with Crippen molar-refractivity contribution in [2.24, 2.45) is 0 Å². The van der Waals surface area contributed by atoms with Gasteiger partial charge in [-0.1, -0.05) is 85.6 Å². The highest BCUT2D eigenvalue weighted by molar-refractivity contribution is 7.99. The minimum Gasteiger partial charge on any atom is -0.308 e. The smallest absolute Gasteiger partial charge is 0.259 e. The summed E-state index contributed by atoms with van der Waals surface area (Å²) in [6, 6.07) is 36.9. The number of fused-ring (bicyclic) bond motifs is 2. The lowest BCUT2D eigenvalue weighted by atomic mass is 9.96. The van der Waals surface area contributed by atoms with E-state index in [9.17, 15) is 9.59 Å². The van der Waals surface area contributed by atoms with E-state index in [1.54, 1.807) is 0 Å². The molecule has 0 unspecified atom stereocenters. The van der Waals surface area contributed by atoms with Gasteiger partial charge in [0.05, 0.1) is 22.5 Å². The second kappa shape index (κ2) is 14.8. The summed E-state index contributed by atoms with van der Waals surface area (Å²) in [5, 5.41) is 0. The molecule has 6 rings (SSSR count). The molecule has 2 amide bonds. The van der Waals surface area contributed by atoms with E-state index in [-0.39, 0.29) is 11.8 Å². The van der Waals surface area contributed by atoms with Gasteiger partial charge < -0.3 is 9.80 Å². The Bertz CT molecular complexity index is 1500. The third kappa shape index (κ3) is 6.82. The van der Waals surface area contributed by atoms with E-state index in [0.29, 0.717) is 24.2 Å². The molecule has 4 aromatic carbocycles. The van der Waals surface area contributed by atoms with Crippen LogP contribution < -0.4 is 9.80 Å². The van der Waals surface area contributed by atoms with Crippen LogP contribution in [0.5, 0.6) is 0 Å². The van der Waals surface area contributed by atoms with Crippen molar-refractivity contribution in [2.75, 3.05) is 34.4 Å². The first-order valence-corrected chi connectivity index (χ1v) is 17.6. The summed E-state index contributed by atoms with van der Waals surface area (Å²) in [6.45, 7) is 1.31. The summed E-state index contributed by atoms with van der Waals surface area (Å²) >= 11 is 3.76. The van der Waals surface area contributed by atoms with Gasteiger partial charge in [0.2, 0.25) is 0 Å². The average molecular weight is 619 g/mol. The number of carbonyl (C=O) groups excluding carboxylic acids is 2. The molecule has 0 aromatic heterocycles. The van der Waals surface area contributed by atoms with Crippen molar-refractivity contribution in [3.05, 3.63) is 120 Å². The van der Waals surface area contributed by atoms with Crippen LogP contribution in [0.2, 0.25) is 0 Å². The Kier molecular flexibility index (Phi) is 10.2. The van der Waals surface area contributed by atoms with Crippen molar-refractivity contribution >= 4 is 57.9 Å². The second-order valence-electron chi connectivity index (χ2n) is 11.1. The highest BCUT2D eigenvalue weighted by Gasteiger charge is 2.41. The van der Waals surface area contributed by atoms with Crippen LogP contribution in [0.1, 0.15) is 49.7 Å². The lowest BCUT2D eigenvalue weighted by molar-refractivity contribution is -0.114. The number of hydrogen-bond acceptors (Lipinski definition) is 4. The molecule has 0 fully saturated rings. The molecule has 4 nitrogen and oxygen atoms in total. The Balaban J connectivity index is 1.11. The minimum atomic E-state index is -0.0530. The molecular formula is C38H38N2O2S2. The third-order valence-corrected chi connectivity index (χ3v) is 10.4. The summed E-state index contributed by atoms with van der Waals surface area (Å²) in [7, 11) is 0. The molecule has 2 heterocycles. The van der Waals surface area contributed by atoms with E-state index in [1.165, 1.54) is 9.79 Å². The number of thioether (sulfide) groups is 2. The fourth-order valence-electron chi connectivity index (χ4n) is 6.00. The molecule has 44 heavy (non-hydrogen) atoms. The van der Waals surface area contributed by atoms with Crippen molar-refractivity contribution in [3.8, 4) is 0 Å². The number of carbonyl (C=O) groups is 2. The summed E-state index contributed by atoms with van der Waals surface area (Å²) < 4.78 is 0. The van der Waals surface area contributed by atoms with Gasteiger partial charge in [-0.05, 0) is 73.6 Å². The lowest BCUT2D eigenvalue weighted by Crippen LogP contribution is -2.30. The van der Waals surface area contributed by atoms with Crippen LogP contribution in [0.15, 0.2) is 119 Å². The molecule has 0 spiro atoms. The van der Waals surface area contributed by atoms with Gasteiger partial charge in [-0.3, -0.25) is 9.59 Å². The number of amides is 2. The van der Waals surface area contributed by atoms with E-state index >= 15 is 0 Å². The van der Waals surface area contributed by atoms with Gasteiger partial charge in [-0.15, -0.1) is 23.5 Å². The maximum atomic E-state index is 14.1. The van der Waals surface area contributed by atoms with Gasteiger partial charge in [0.1, 0.15) is 0 Å². The van der Waals surface area contributed by atoms with Gasteiger partial charge in [-0.2, -0.15) is 0 Å². The fourth-order valence-corrected chi connectivity index (χ4v) is 7.87. The number of hydrogen-bond donors (Lipinski definition) is 0. The number of para-hydroxylation sites is 2. The molecule has 0 radical (unpaired) electrons. The third-order valence-electron chi connectivity index (χ3n) is 8.17. The van der Waals surface area contributed by atoms with Crippen LogP contribution in [0.4, 0.5) is 11.4 Å². The van der Waals surface area contributed by atoms with Crippen LogP contribution in [-0.2, 0) is 9.59 Å². The van der Waals surface area contributed by atoms with Crippen molar-refractivity contribution in [3.63, 3.8) is 0 Å². The van der Waals surface area contributed by atoms with Gasteiger partial charge in [0, 0.05) is 34.0 Å². The van der Waals surface area contributed by atoms with E-state index in [4.69, 9.17) is 0 Å². The molecule has 4 aromatic rings. The quantitative estimate of drug-likeness (QED) is 0.0803. The zero-order valence-electron chi connectivity index (χ0n) is 25.0. The summed E-state index contributed by atoms with van der Waals surface area (Å²) in [6.07, 6.45) is 6.16. The molecule has 224 valence electrons. The van der Waals surface area contributed by atoms with Crippen molar-refractivity contribution in [1.29, 1.82) is 0 Å². The Labute approximate surface area is 269 Å². The normalized spacial score (nSPS) is 15.6. The first-order valence-electron chi connectivity index (χ1n) is 15.6. The molecule has 0 atom stereocenters. The van der Waals surface area contributed by atoms with Gasteiger partial charge in [-0.25, -0.2) is 0 Å². The van der Waals surface area contributed by atoms with Crippen LogP contribution in [0.25, 0.3) is 11.1 Å². The molecule has 0 N–H and O–H groups in total. The molecule has 0 saturated heterocycles. The highest BCUT2D eigenvalue weighted by atomic mass is 32.2. The Hall–Kier alpha value is -3.74. The van der Waals surface area contributed by atoms with Crippen LogP contribution in [0, 0.1) is 0 Å². The number of anilines is 2. The van der Waals surface area contributed by atoms with Gasteiger partial charge in [0.25, 0.3) is 11.8 Å². The van der Waals surface area contributed by atoms with Gasteiger partial charge in [0.15, 0.2) is 0 Å². The lowest BCUT2D eigenvalue weighted by Gasteiger charge is -2.17. The second-order valence-corrected chi connectivity index (χ2v) is 13.5. The zero-order chi connectivity index (χ0) is 30.1. The first kappa shape index (κ1) is 30.3. The molecular weight excluding hydrogens is 581 g/mol. The van der Waals surface area contributed by atoms with Gasteiger partial charge >= 0.3 is 0 Å². The summed E-state index contributed by atoms with van der Waals surface area (Å²) in [5.74, 6) is 2.03. The van der Waals surface area contributed by atoms with E-state index in [1.807, 2.05) is 94.0 Å². The molecule has 2 aliphatic heterocycles. The Morgan fingerprint density at radius 2 is 0.818 bits per heavy atom. The van der Waals surface area contributed by atoms with Crippen LogP contribution in [0.3, 0.4) is 0 Å². The number of unbranched alkanes of at least 4 members (excludes halogenated alkanes) is 4. The Morgan fingerprint density at radius 3 is 1.25 bits per heavy atom. The predicted molar refractivity (Wildman–Crippen MR) is 186 cm³/mol.